The van der Waals surface area contributed by atoms with Crippen LogP contribution < -0.4 is 10.3 Å². The van der Waals surface area contributed by atoms with E-state index in [4.69, 9.17) is 23.2 Å². The standard InChI is InChI=1S/C20H15Cl2F6N3O/c1-11-4-15(2-3-16(11)17(32)29-9-19(23,24)25)31-10-18(8-30-31,20(26,27)28)12-5-13(21)7-14(22)6-12/h2-8H,9-10H2,1H3,(H,29,32). The zero-order valence-corrected chi connectivity index (χ0v) is 17.8. The van der Waals surface area contributed by atoms with Crippen molar-refractivity contribution in [2.75, 3.05) is 18.1 Å². The molecular formula is C20H15Cl2F6N3O. The summed E-state index contributed by atoms with van der Waals surface area (Å²) >= 11 is 11.8. The summed E-state index contributed by atoms with van der Waals surface area (Å²) in [5.41, 5.74) is -2.21. The highest BCUT2D eigenvalue weighted by atomic mass is 35.5. The van der Waals surface area contributed by atoms with Crippen LogP contribution >= 0.6 is 23.2 Å². The van der Waals surface area contributed by atoms with Gasteiger partial charge in [0.2, 0.25) is 0 Å². The van der Waals surface area contributed by atoms with Gasteiger partial charge in [-0.1, -0.05) is 23.2 Å². The Kier molecular flexibility index (Phi) is 6.41. The highest BCUT2D eigenvalue weighted by molar-refractivity contribution is 6.34. The Morgan fingerprint density at radius 3 is 2.25 bits per heavy atom. The van der Waals surface area contributed by atoms with Crippen molar-refractivity contribution in [1.29, 1.82) is 0 Å². The van der Waals surface area contributed by atoms with E-state index >= 15 is 0 Å². The van der Waals surface area contributed by atoms with Gasteiger partial charge in [-0.2, -0.15) is 31.4 Å². The quantitative estimate of drug-likeness (QED) is 0.534. The van der Waals surface area contributed by atoms with Gasteiger partial charge in [0.1, 0.15) is 12.0 Å². The molecule has 0 radical (unpaired) electrons. The first-order valence-electron chi connectivity index (χ1n) is 9.03. The van der Waals surface area contributed by atoms with Gasteiger partial charge >= 0.3 is 12.4 Å². The maximum atomic E-state index is 14.1. The summed E-state index contributed by atoms with van der Waals surface area (Å²) in [5.74, 6) is -0.950. The molecule has 1 heterocycles. The molecule has 1 aliphatic heterocycles. The van der Waals surface area contributed by atoms with Crippen molar-refractivity contribution >= 4 is 41.0 Å². The van der Waals surface area contributed by atoms with Crippen molar-refractivity contribution in [3.63, 3.8) is 0 Å². The van der Waals surface area contributed by atoms with E-state index in [0.29, 0.717) is 0 Å². The van der Waals surface area contributed by atoms with Gasteiger partial charge in [0.25, 0.3) is 5.91 Å². The Hall–Kier alpha value is -2.46. The number of anilines is 1. The average molecular weight is 498 g/mol. The third kappa shape index (κ3) is 4.96. The van der Waals surface area contributed by atoms with E-state index in [1.807, 2.05) is 0 Å². The van der Waals surface area contributed by atoms with E-state index in [0.717, 1.165) is 23.4 Å². The minimum atomic E-state index is -4.73. The fourth-order valence-electron chi connectivity index (χ4n) is 3.29. The maximum absolute atomic E-state index is 14.1. The molecule has 1 amide bonds. The van der Waals surface area contributed by atoms with E-state index < -0.39 is 36.8 Å². The molecule has 1 N–H and O–H groups in total. The van der Waals surface area contributed by atoms with E-state index in [9.17, 15) is 31.1 Å². The smallest absolute Gasteiger partial charge is 0.343 e. The highest BCUT2D eigenvalue weighted by Gasteiger charge is 2.58. The zero-order valence-electron chi connectivity index (χ0n) is 16.3. The number of hydrogen-bond acceptors (Lipinski definition) is 3. The van der Waals surface area contributed by atoms with Gasteiger partial charge in [-0.25, -0.2) is 0 Å². The fraction of sp³-hybridized carbons (Fsp3) is 0.300. The van der Waals surface area contributed by atoms with Crippen LogP contribution in [0.15, 0.2) is 41.5 Å². The summed E-state index contributed by atoms with van der Waals surface area (Å²) in [7, 11) is 0. The number of rotatable bonds is 4. The van der Waals surface area contributed by atoms with Crippen LogP contribution in [-0.2, 0) is 5.41 Å². The van der Waals surface area contributed by atoms with Gasteiger partial charge in [-0.15, -0.1) is 0 Å². The number of nitrogens with zero attached hydrogens (tertiary/aromatic N) is 2. The Balaban J connectivity index is 1.88. The first-order chi connectivity index (χ1) is 14.7. The first-order valence-corrected chi connectivity index (χ1v) is 9.79. The van der Waals surface area contributed by atoms with Crippen LogP contribution in [0.5, 0.6) is 0 Å². The molecule has 4 nitrogen and oxygen atoms in total. The van der Waals surface area contributed by atoms with Gasteiger partial charge in [0.05, 0.1) is 12.2 Å². The Morgan fingerprint density at radius 2 is 1.72 bits per heavy atom. The van der Waals surface area contributed by atoms with Crippen LogP contribution in [0, 0.1) is 6.92 Å². The van der Waals surface area contributed by atoms with Crippen LogP contribution in [0.3, 0.4) is 0 Å². The molecule has 0 saturated carbocycles. The number of benzene rings is 2. The van der Waals surface area contributed by atoms with Crippen LogP contribution in [-0.4, -0.2) is 37.6 Å². The summed E-state index contributed by atoms with van der Waals surface area (Å²) in [5, 5.41) is 6.81. The second-order valence-electron chi connectivity index (χ2n) is 7.23. The average Bonchev–Trinajstić information content (AvgIpc) is 3.11. The Morgan fingerprint density at radius 1 is 1.09 bits per heavy atom. The second-order valence-corrected chi connectivity index (χ2v) is 8.10. The SMILES string of the molecule is Cc1cc(N2CC(c3cc(Cl)cc(Cl)c3)(C(F)(F)F)C=N2)ccc1C(=O)NCC(F)(F)F. The molecule has 1 unspecified atom stereocenters. The number of amides is 1. The van der Waals surface area contributed by atoms with Crippen molar-refractivity contribution in [3.8, 4) is 0 Å². The van der Waals surface area contributed by atoms with Crippen LogP contribution in [0.1, 0.15) is 21.5 Å². The molecule has 1 aliphatic rings. The molecule has 172 valence electrons. The third-order valence-electron chi connectivity index (χ3n) is 4.90. The summed E-state index contributed by atoms with van der Waals surface area (Å²) in [6.45, 7) is -0.661. The molecule has 0 bridgehead atoms. The molecule has 1 atom stereocenters. The Labute approximate surface area is 188 Å². The summed E-state index contributed by atoms with van der Waals surface area (Å²) in [4.78, 5) is 12.0. The second kappa shape index (κ2) is 8.47. The predicted octanol–water partition coefficient (Wildman–Crippen LogP) is 5.90. The highest BCUT2D eigenvalue weighted by Crippen LogP contribution is 2.45. The normalized spacial score (nSPS) is 18.8. The van der Waals surface area contributed by atoms with E-state index in [1.165, 1.54) is 31.2 Å². The molecule has 12 heteroatoms. The van der Waals surface area contributed by atoms with Gasteiger partial charge in [-0.05, 0) is 54.4 Å². The van der Waals surface area contributed by atoms with Gasteiger partial charge in [-0.3, -0.25) is 9.80 Å². The molecule has 2 aromatic carbocycles. The molecule has 0 fully saturated rings. The summed E-state index contributed by atoms with van der Waals surface area (Å²) in [6.07, 6.45) is -8.54. The molecular weight excluding hydrogens is 483 g/mol. The largest absolute Gasteiger partial charge is 0.405 e. The molecule has 0 aromatic heterocycles. The summed E-state index contributed by atoms with van der Waals surface area (Å²) in [6, 6.07) is 7.55. The monoisotopic (exact) mass is 497 g/mol. The zero-order chi connectivity index (χ0) is 23.9. The van der Waals surface area contributed by atoms with Crippen molar-refractivity contribution < 1.29 is 31.1 Å². The van der Waals surface area contributed by atoms with Crippen molar-refractivity contribution in [2.45, 2.75) is 24.7 Å². The maximum Gasteiger partial charge on any atom is 0.405 e. The number of nitrogens with one attached hydrogen (secondary N) is 1. The summed E-state index contributed by atoms with van der Waals surface area (Å²) < 4.78 is 79.3. The number of halogens is 8. The van der Waals surface area contributed by atoms with E-state index in [-0.39, 0.29) is 32.4 Å². The van der Waals surface area contributed by atoms with Gasteiger partial charge < -0.3 is 5.32 Å². The topological polar surface area (TPSA) is 44.7 Å². The molecule has 0 saturated heterocycles. The van der Waals surface area contributed by atoms with E-state index in [1.54, 1.807) is 5.32 Å². The lowest BCUT2D eigenvalue weighted by Crippen LogP contribution is -2.47. The molecule has 0 spiro atoms. The minimum absolute atomic E-state index is 0.0352. The number of carbonyl (C=O) groups is 1. The van der Waals surface area contributed by atoms with Crippen LogP contribution in [0.25, 0.3) is 0 Å². The first kappa shape index (κ1) is 24.2. The molecule has 32 heavy (non-hydrogen) atoms. The van der Waals surface area contributed by atoms with E-state index in [2.05, 4.69) is 5.10 Å². The van der Waals surface area contributed by atoms with Crippen molar-refractivity contribution in [1.82, 2.24) is 5.32 Å². The fourth-order valence-corrected chi connectivity index (χ4v) is 3.81. The Bertz CT molecular complexity index is 1050. The van der Waals surface area contributed by atoms with Crippen molar-refractivity contribution in [3.05, 3.63) is 63.1 Å². The van der Waals surface area contributed by atoms with Crippen molar-refractivity contribution in [2.24, 2.45) is 5.10 Å². The van der Waals surface area contributed by atoms with Crippen LogP contribution in [0.4, 0.5) is 32.0 Å². The number of hydrazone groups is 1. The van der Waals surface area contributed by atoms with Gasteiger partial charge in [0.15, 0.2) is 0 Å². The number of carbonyl (C=O) groups excluding carboxylic acids is 1. The van der Waals surface area contributed by atoms with Crippen LogP contribution in [0.2, 0.25) is 10.0 Å². The minimum Gasteiger partial charge on any atom is -0.343 e. The van der Waals surface area contributed by atoms with Gasteiger partial charge in [0, 0.05) is 21.8 Å². The number of aryl methyl sites for hydroxylation is 1. The molecule has 3 rings (SSSR count). The molecule has 2 aromatic rings. The molecule has 0 aliphatic carbocycles. The predicted molar refractivity (Wildman–Crippen MR) is 110 cm³/mol. The number of hydrogen-bond donors (Lipinski definition) is 1. The lowest BCUT2D eigenvalue weighted by atomic mass is 9.81. The lowest BCUT2D eigenvalue weighted by molar-refractivity contribution is -0.164. The lowest BCUT2D eigenvalue weighted by Gasteiger charge is -2.31. The number of alkyl halides is 6. The third-order valence-corrected chi connectivity index (χ3v) is 5.34.